The quantitative estimate of drug-likeness (QED) is 0.278. The molecule has 3 aromatic carbocycles. The molecule has 6 nitrogen and oxygen atoms in total. The standard InChI is InChI=1S/C31H33F3N2O4S/c1-39-22-7-9-24(25(16-22)31(32,33)34)20-6-10-27-26(15-20)30(11-3-4-12-30)19-36(27)29(38)35-18-21-5-8-23(41-2)17-28(21)40-14-13-37/h5-10,15-17,37H,3-4,11-14,18-19H2,1-2H3,(H,35,38). The maximum absolute atomic E-state index is 14.0. The largest absolute Gasteiger partial charge is 0.497 e. The maximum atomic E-state index is 14.0. The van der Waals surface area contributed by atoms with E-state index in [1.54, 1.807) is 28.8 Å². The number of nitrogens with zero attached hydrogens (tertiary/aromatic N) is 1. The van der Waals surface area contributed by atoms with E-state index in [1.165, 1.54) is 19.2 Å². The molecule has 41 heavy (non-hydrogen) atoms. The molecule has 2 amide bonds. The number of carbonyl (C=O) groups excluding carboxylic acids is 1. The predicted molar refractivity (Wildman–Crippen MR) is 154 cm³/mol. The zero-order valence-corrected chi connectivity index (χ0v) is 23.8. The van der Waals surface area contributed by atoms with Gasteiger partial charge in [0.25, 0.3) is 0 Å². The predicted octanol–water partition coefficient (Wildman–Crippen LogP) is 7.02. The lowest BCUT2D eigenvalue weighted by molar-refractivity contribution is -0.137. The monoisotopic (exact) mass is 586 g/mol. The summed E-state index contributed by atoms with van der Waals surface area (Å²) < 4.78 is 52.8. The molecule has 0 unspecified atom stereocenters. The van der Waals surface area contributed by atoms with Gasteiger partial charge in [-0.2, -0.15) is 13.2 Å². The Morgan fingerprint density at radius 3 is 2.56 bits per heavy atom. The lowest BCUT2D eigenvalue weighted by Gasteiger charge is -2.25. The van der Waals surface area contributed by atoms with E-state index >= 15 is 0 Å². The van der Waals surface area contributed by atoms with Crippen molar-refractivity contribution in [2.75, 3.05) is 38.0 Å². The molecule has 2 aliphatic rings. The molecule has 1 aliphatic carbocycles. The molecule has 1 heterocycles. The summed E-state index contributed by atoms with van der Waals surface area (Å²) in [6.07, 6.45) is 1.16. The number of anilines is 1. The first-order valence-electron chi connectivity index (χ1n) is 13.6. The number of hydrogen-bond acceptors (Lipinski definition) is 5. The summed E-state index contributed by atoms with van der Waals surface area (Å²) >= 11 is 1.57. The van der Waals surface area contributed by atoms with Gasteiger partial charge in [-0.25, -0.2) is 4.79 Å². The Kier molecular flexibility index (Phi) is 8.42. The Morgan fingerprint density at radius 2 is 1.88 bits per heavy atom. The Morgan fingerprint density at radius 1 is 1.10 bits per heavy atom. The second-order valence-corrected chi connectivity index (χ2v) is 11.3. The number of fused-ring (bicyclic) bond motifs is 2. The van der Waals surface area contributed by atoms with E-state index in [0.717, 1.165) is 53.5 Å². The minimum Gasteiger partial charge on any atom is -0.497 e. The molecule has 0 atom stereocenters. The molecule has 0 bridgehead atoms. The van der Waals surface area contributed by atoms with Gasteiger partial charge in [0.15, 0.2) is 0 Å². The van der Waals surface area contributed by atoms with Crippen molar-refractivity contribution in [3.8, 4) is 22.6 Å². The SMILES string of the molecule is COc1ccc(-c2ccc3c(c2)C2(CCCC2)CN3C(=O)NCc2ccc(SC)cc2OCCO)c(C(F)(F)F)c1. The highest BCUT2D eigenvalue weighted by Crippen LogP contribution is 2.52. The van der Waals surface area contributed by atoms with Gasteiger partial charge in [0, 0.05) is 34.7 Å². The van der Waals surface area contributed by atoms with E-state index in [1.807, 2.05) is 30.5 Å². The van der Waals surface area contributed by atoms with E-state index in [-0.39, 0.29) is 42.5 Å². The number of benzene rings is 3. The number of hydrogen-bond donors (Lipinski definition) is 2. The highest BCUT2D eigenvalue weighted by atomic mass is 32.2. The molecule has 1 saturated carbocycles. The number of halogens is 3. The maximum Gasteiger partial charge on any atom is 0.417 e. The zero-order valence-electron chi connectivity index (χ0n) is 23.0. The van der Waals surface area contributed by atoms with Crippen LogP contribution < -0.4 is 19.7 Å². The number of amides is 2. The molecule has 1 spiro atoms. The summed E-state index contributed by atoms with van der Waals surface area (Å²) in [4.78, 5) is 16.3. The molecule has 5 rings (SSSR count). The van der Waals surface area contributed by atoms with Gasteiger partial charge >= 0.3 is 12.2 Å². The van der Waals surface area contributed by atoms with Crippen LogP contribution in [0.5, 0.6) is 11.5 Å². The van der Waals surface area contributed by atoms with Crippen LogP contribution in [0.3, 0.4) is 0 Å². The molecular formula is C31H33F3N2O4S. The molecule has 10 heteroatoms. The van der Waals surface area contributed by atoms with Gasteiger partial charge in [-0.3, -0.25) is 4.90 Å². The van der Waals surface area contributed by atoms with Crippen molar-refractivity contribution in [1.29, 1.82) is 0 Å². The average molecular weight is 587 g/mol. The Hall–Kier alpha value is -3.37. The van der Waals surface area contributed by atoms with Crippen LogP contribution in [-0.2, 0) is 18.1 Å². The van der Waals surface area contributed by atoms with Crippen molar-refractivity contribution in [1.82, 2.24) is 5.32 Å². The van der Waals surface area contributed by atoms with Crippen molar-refractivity contribution in [2.45, 2.75) is 48.7 Å². The number of methoxy groups -OCH3 is 1. The number of nitrogens with one attached hydrogen (secondary N) is 1. The van der Waals surface area contributed by atoms with Gasteiger partial charge in [0.05, 0.1) is 19.3 Å². The van der Waals surface area contributed by atoms with E-state index < -0.39 is 11.7 Å². The number of alkyl halides is 3. The third-order valence-corrected chi connectivity index (χ3v) is 8.75. The number of thioether (sulfide) groups is 1. The van der Waals surface area contributed by atoms with E-state index in [9.17, 15) is 23.1 Å². The van der Waals surface area contributed by atoms with Gasteiger partial charge in [-0.15, -0.1) is 11.8 Å². The zero-order chi connectivity index (χ0) is 29.2. The van der Waals surface area contributed by atoms with Gasteiger partial charge in [-0.05, 0) is 72.2 Å². The van der Waals surface area contributed by atoms with Crippen LogP contribution in [0.15, 0.2) is 59.5 Å². The second-order valence-electron chi connectivity index (χ2n) is 10.4. The van der Waals surface area contributed by atoms with Gasteiger partial charge in [0.2, 0.25) is 0 Å². The first-order chi connectivity index (χ1) is 19.7. The van der Waals surface area contributed by atoms with E-state index in [4.69, 9.17) is 9.47 Å². The number of rotatable bonds is 8. The number of urea groups is 1. The molecule has 0 saturated heterocycles. The van der Waals surface area contributed by atoms with Crippen molar-refractivity contribution in [2.24, 2.45) is 0 Å². The van der Waals surface area contributed by atoms with Crippen LogP contribution >= 0.6 is 11.8 Å². The molecule has 2 N–H and O–H groups in total. The fourth-order valence-electron chi connectivity index (χ4n) is 6.00. The molecule has 218 valence electrons. The molecule has 3 aromatic rings. The fraction of sp³-hybridized carbons (Fsp3) is 0.387. The first-order valence-corrected chi connectivity index (χ1v) is 14.8. The topological polar surface area (TPSA) is 71.0 Å². The minimum absolute atomic E-state index is 0.0845. The number of ether oxygens (including phenoxy) is 2. The van der Waals surface area contributed by atoms with Crippen LogP contribution in [0.25, 0.3) is 11.1 Å². The van der Waals surface area contributed by atoms with Crippen LogP contribution in [0.2, 0.25) is 0 Å². The van der Waals surface area contributed by atoms with Gasteiger partial charge < -0.3 is 19.9 Å². The van der Waals surface area contributed by atoms with Crippen LogP contribution in [-0.4, -0.2) is 44.3 Å². The minimum atomic E-state index is -4.55. The van der Waals surface area contributed by atoms with Crippen molar-refractivity contribution in [3.05, 3.63) is 71.3 Å². The van der Waals surface area contributed by atoms with Crippen molar-refractivity contribution in [3.63, 3.8) is 0 Å². The van der Waals surface area contributed by atoms with Gasteiger partial charge in [-0.1, -0.05) is 31.0 Å². The lowest BCUT2D eigenvalue weighted by Crippen LogP contribution is -2.41. The summed E-state index contributed by atoms with van der Waals surface area (Å²) in [7, 11) is 1.34. The number of aliphatic hydroxyl groups excluding tert-OH is 1. The first kappa shape index (κ1) is 29.1. The molecule has 0 radical (unpaired) electrons. The Labute approximate surface area is 241 Å². The highest BCUT2D eigenvalue weighted by molar-refractivity contribution is 7.98. The van der Waals surface area contributed by atoms with Crippen LogP contribution in [0.4, 0.5) is 23.7 Å². The van der Waals surface area contributed by atoms with E-state index in [2.05, 4.69) is 5.32 Å². The smallest absolute Gasteiger partial charge is 0.417 e. The second kappa shape index (κ2) is 11.9. The lowest BCUT2D eigenvalue weighted by atomic mass is 9.79. The summed E-state index contributed by atoms with van der Waals surface area (Å²) in [6, 6.07) is 14.7. The number of carbonyl (C=O) groups is 1. The fourth-order valence-corrected chi connectivity index (χ4v) is 6.43. The van der Waals surface area contributed by atoms with Crippen LogP contribution in [0.1, 0.15) is 42.4 Å². The third-order valence-electron chi connectivity index (χ3n) is 8.02. The number of aliphatic hydroxyl groups is 1. The van der Waals surface area contributed by atoms with Crippen molar-refractivity contribution < 1.29 is 32.5 Å². The summed E-state index contributed by atoms with van der Waals surface area (Å²) in [6.45, 7) is 0.732. The summed E-state index contributed by atoms with van der Waals surface area (Å²) in [5.41, 5.74) is 1.94. The van der Waals surface area contributed by atoms with Crippen molar-refractivity contribution >= 4 is 23.5 Å². The molecule has 0 aromatic heterocycles. The normalized spacial score (nSPS) is 15.7. The average Bonchev–Trinajstić information content (AvgIpc) is 3.59. The van der Waals surface area contributed by atoms with E-state index in [0.29, 0.717) is 17.9 Å². The van der Waals surface area contributed by atoms with Crippen LogP contribution in [0, 0.1) is 0 Å². The summed E-state index contributed by atoms with van der Waals surface area (Å²) in [5, 5.41) is 12.2. The Balaban J connectivity index is 1.44. The Bertz CT molecular complexity index is 1420. The molecule has 1 fully saturated rings. The van der Waals surface area contributed by atoms with Gasteiger partial charge in [0.1, 0.15) is 18.1 Å². The highest BCUT2D eigenvalue weighted by Gasteiger charge is 2.46. The molecule has 1 aliphatic heterocycles. The third kappa shape index (κ3) is 5.85. The summed E-state index contributed by atoms with van der Waals surface area (Å²) in [5.74, 6) is 0.746. The molecular weight excluding hydrogens is 553 g/mol.